The van der Waals surface area contributed by atoms with E-state index in [1.165, 1.54) is 0 Å². The van der Waals surface area contributed by atoms with E-state index in [2.05, 4.69) is 92.6 Å². The second-order valence-electron chi connectivity index (χ2n) is 13.4. The van der Waals surface area contributed by atoms with Crippen LogP contribution in [-0.4, -0.2) is 30.0 Å². The molecule has 0 radical (unpaired) electrons. The Morgan fingerprint density at radius 3 is 1.14 bits per heavy atom. The number of hydrogen-bond donors (Lipinski definition) is 0. The smallest absolute Gasteiger partial charge is 0.266 e. The molecule has 6 aromatic carbocycles. The molecule has 56 heavy (non-hydrogen) atoms. The van der Waals surface area contributed by atoms with Gasteiger partial charge in [-0.25, -0.2) is 0 Å². The lowest BCUT2D eigenvalue weighted by Crippen LogP contribution is -2.21. The molecule has 0 saturated heterocycles. The number of benzene rings is 6. The Labute approximate surface area is 346 Å². The molecule has 0 N–H and O–H groups in total. The van der Waals surface area contributed by atoms with Crippen molar-refractivity contribution in [1.29, 1.82) is 0 Å². The van der Waals surface area contributed by atoms with Crippen molar-refractivity contribution in [3.63, 3.8) is 0 Å². The molecule has 10 heteroatoms. The van der Waals surface area contributed by atoms with Crippen LogP contribution in [0.15, 0.2) is 189 Å². The lowest BCUT2D eigenvalue weighted by Gasteiger charge is -2.30. The van der Waals surface area contributed by atoms with Crippen LogP contribution in [0.4, 0.5) is 0 Å². The standard InChI is InChI=1S/2C23H19BrO3S/c2*24-19-11-13-20(14-12-19)28(25,26)27-16-23-21-9-5-4-8-18(21)10-15-22(23)17-6-2-1-3-7-17/h2*1-15,22-23H,16H2/t2*22-,23+/m11/s1. The molecule has 6 aromatic rings. The zero-order valence-corrected chi connectivity index (χ0v) is 34.9. The van der Waals surface area contributed by atoms with Crippen LogP contribution < -0.4 is 0 Å². The Bertz CT molecular complexity index is 2360. The van der Waals surface area contributed by atoms with E-state index >= 15 is 0 Å². The van der Waals surface area contributed by atoms with Crippen LogP contribution >= 0.6 is 31.9 Å². The number of fused-ring (bicyclic) bond motifs is 2. The fraction of sp³-hybridized carbons (Fsp3) is 0.130. The molecule has 0 amide bonds. The van der Waals surface area contributed by atoms with Gasteiger partial charge in [-0.15, -0.1) is 0 Å². The van der Waals surface area contributed by atoms with Gasteiger partial charge in [0.25, 0.3) is 20.2 Å². The summed E-state index contributed by atoms with van der Waals surface area (Å²) < 4.78 is 63.4. The van der Waals surface area contributed by atoms with E-state index in [4.69, 9.17) is 8.37 Å². The quantitative estimate of drug-likeness (QED) is 0.127. The molecule has 8 rings (SSSR count). The van der Waals surface area contributed by atoms with Crippen molar-refractivity contribution in [3.05, 3.63) is 212 Å². The summed E-state index contributed by atoms with van der Waals surface area (Å²) in [7, 11) is -7.66. The van der Waals surface area contributed by atoms with E-state index in [0.29, 0.717) is 0 Å². The number of allylic oxidation sites excluding steroid dienone is 2. The minimum absolute atomic E-state index is 0.0521. The van der Waals surface area contributed by atoms with Gasteiger partial charge in [0.05, 0.1) is 23.0 Å². The van der Waals surface area contributed by atoms with Crippen LogP contribution in [0, 0.1) is 0 Å². The fourth-order valence-electron chi connectivity index (χ4n) is 7.16. The maximum atomic E-state index is 12.7. The van der Waals surface area contributed by atoms with E-state index in [1.54, 1.807) is 48.5 Å². The molecule has 0 aromatic heterocycles. The first-order chi connectivity index (χ1) is 27.1. The fourth-order valence-corrected chi connectivity index (χ4v) is 9.55. The minimum atomic E-state index is -3.83. The van der Waals surface area contributed by atoms with Crippen LogP contribution in [0.2, 0.25) is 0 Å². The summed E-state index contributed by atoms with van der Waals surface area (Å²) in [5.41, 5.74) is 6.69. The first-order valence-electron chi connectivity index (χ1n) is 18.0. The van der Waals surface area contributed by atoms with E-state index in [0.717, 1.165) is 42.3 Å². The maximum Gasteiger partial charge on any atom is 0.296 e. The molecule has 0 unspecified atom stereocenters. The van der Waals surface area contributed by atoms with Crippen molar-refractivity contribution in [3.8, 4) is 0 Å². The Morgan fingerprint density at radius 1 is 0.429 bits per heavy atom. The summed E-state index contributed by atoms with van der Waals surface area (Å²) >= 11 is 6.64. The van der Waals surface area contributed by atoms with Crippen LogP contribution in [0.3, 0.4) is 0 Å². The Kier molecular flexibility index (Phi) is 12.7. The van der Waals surface area contributed by atoms with Gasteiger partial charge < -0.3 is 0 Å². The van der Waals surface area contributed by atoms with Gasteiger partial charge >= 0.3 is 0 Å². The molecular formula is C46H38Br2O6S2. The monoisotopic (exact) mass is 908 g/mol. The molecule has 0 heterocycles. The molecular weight excluding hydrogens is 872 g/mol. The summed E-state index contributed by atoms with van der Waals surface area (Å²) in [6.45, 7) is 0.165. The number of rotatable bonds is 10. The van der Waals surface area contributed by atoms with E-state index < -0.39 is 20.2 Å². The largest absolute Gasteiger partial charge is 0.296 e. The summed E-state index contributed by atoms with van der Waals surface area (Å²) in [5.74, 6) is -0.0740. The van der Waals surface area contributed by atoms with Crippen molar-refractivity contribution >= 4 is 64.2 Å². The second kappa shape index (κ2) is 17.8. The highest BCUT2D eigenvalue weighted by Crippen LogP contribution is 2.42. The predicted octanol–water partition coefficient (Wildman–Crippen LogP) is 11.5. The molecule has 2 aliphatic rings. The molecule has 0 bridgehead atoms. The first-order valence-corrected chi connectivity index (χ1v) is 22.4. The molecule has 284 valence electrons. The lowest BCUT2D eigenvalue weighted by atomic mass is 9.76. The lowest BCUT2D eigenvalue weighted by molar-refractivity contribution is 0.281. The van der Waals surface area contributed by atoms with Gasteiger partial charge in [0.15, 0.2) is 0 Å². The van der Waals surface area contributed by atoms with E-state index in [9.17, 15) is 16.8 Å². The van der Waals surface area contributed by atoms with Gasteiger partial charge in [-0.05, 0) is 81.9 Å². The number of hydrogen-bond acceptors (Lipinski definition) is 6. The molecule has 6 nitrogen and oxygen atoms in total. The van der Waals surface area contributed by atoms with Gasteiger partial charge in [-0.2, -0.15) is 16.8 Å². The summed E-state index contributed by atoms with van der Waals surface area (Å²) in [6, 6.07) is 49.3. The highest BCUT2D eigenvalue weighted by molar-refractivity contribution is 9.10. The van der Waals surface area contributed by atoms with Crippen molar-refractivity contribution in [2.45, 2.75) is 33.5 Å². The molecule has 0 aliphatic heterocycles. The average Bonchev–Trinajstić information content (AvgIpc) is 3.23. The topological polar surface area (TPSA) is 86.7 Å². The summed E-state index contributed by atoms with van der Waals surface area (Å²) in [4.78, 5) is 0.318. The van der Waals surface area contributed by atoms with E-state index in [1.807, 2.05) is 72.8 Å². The summed E-state index contributed by atoms with van der Waals surface area (Å²) in [5, 5.41) is 0. The van der Waals surface area contributed by atoms with Crippen molar-refractivity contribution < 1.29 is 25.2 Å². The SMILES string of the molecule is O=S(=O)(OC[C@H]1c2ccccc2C=C[C@@H]1c1ccccc1)c1ccc(Br)cc1.O=S(=O)(OC[C@H]1c2ccccc2C=C[C@@H]1c1ccccc1)c1ccc(Br)cc1. The van der Waals surface area contributed by atoms with Gasteiger partial charge in [-0.3, -0.25) is 8.37 Å². The van der Waals surface area contributed by atoms with Gasteiger partial charge in [0.2, 0.25) is 0 Å². The van der Waals surface area contributed by atoms with Crippen molar-refractivity contribution in [2.75, 3.05) is 13.2 Å². The molecule has 0 spiro atoms. The predicted molar refractivity (Wildman–Crippen MR) is 229 cm³/mol. The molecule has 2 aliphatic carbocycles. The van der Waals surface area contributed by atoms with Crippen molar-refractivity contribution in [1.82, 2.24) is 0 Å². The van der Waals surface area contributed by atoms with Crippen LogP contribution in [0.5, 0.6) is 0 Å². The molecule has 0 saturated carbocycles. The van der Waals surface area contributed by atoms with Gasteiger partial charge in [-0.1, -0.05) is 165 Å². The zero-order valence-electron chi connectivity index (χ0n) is 30.1. The Morgan fingerprint density at radius 2 is 0.768 bits per heavy atom. The minimum Gasteiger partial charge on any atom is -0.266 e. The van der Waals surface area contributed by atoms with Gasteiger partial charge in [0.1, 0.15) is 0 Å². The third kappa shape index (κ3) is 9.40. The third-order valence-electron chi connectivity index (χ3n) is 10.0. The Balaban J connectivity index is 0.000000172. The molecule has 0 fully saturated rings. The highest BCUT2D eigenvalue weighted by Gasteiger charge is 2.31. The number of halogens is 2. The van der Waals surface area contributed by atoms with Crippen LogP contribution in [0.25, 0.3) is 12.2 Å². The average molecular weight is 911 g/mol. The third-order valence-corrected chi connectivity index (χ3v) is 13.7. The van der Waals surface area contributed by atoms with Crippen LogP contribution in [-0.2, 0) is 28.6 Å². The molecule has 4 atom stereocenters. The van der Waals surface area contributed by atoms with E-state index in [-0.39, 0.29) is 46.7 Å². The van der Waals surface area contributed by atoms with Crippen molar-refractivity contribution in [2.24, 2.45) is 0 Å². The normalized spacial score (nSPS) is 18.6. The summed E-state index contributed by atoms with van der Waals surface area (Å²) in [6.07, 6.45) is 8.48. The first kappa shape index (κ1) is 39.8. The zero-order chi connectivity index (χ0) is 39.1. The maximum absolute atomic E-state index is 12.7. The second-order valence-corrected chi connectivity index (χ2v) is 18.5. The Hall–Kier alpha value is -4.42. The van der Waals surface area contributed by atoms with Gasteiger partial charge in [0, 0.05) is 32.6 Å². The van der Waals surface area contributed by atoms with Crippen LogP contribution in [0.1, 0.15) is 57.1 Å². The highest BCUT2D eigenvalue weighted by atomic mass is 79.9.